The predicted molar refractivity (Wildman–Crippen MR) is 124 cm³/mol. The molecule has 0 N–H and O–H groups in total. The van der Waals surface area contributed by atoms with Gasteiger partial charge in [0.15, 0.2) is 11.5 Å². The van der Waals surface area contributed by atoms with E-state index in [-0.39, 0.29) is 5.91 Å². The van der Waals surface area contributed by atoms with Crippen molar-refractivity contribution in [2.45, 2.75) is 19.8 Å². The Balaban J connectivity index is 1.55. The number of piperazine rings is 1. The highest BCUT2D eigenvalue weighted by molar-refractivity contribution is 5.92. The number of methoxy groups -OCH3 is 2. The highest BCUT2D eigenvalue weighted by Crippen LogP contribution is 2.29. The number of carbonyl (C=O) groups is 1. The second-order valence-corrected chi connectivity index (χ2v) is 7.46. The summed E-state index contributed by atoms with van der Waals surface area (Å²) in [7, 11) is 3.30. The predicted octanol–water partition coefficient (Wildman–Crippen LogP) is 4.24. The Morgan fingerprint density at radius 2 is 1.81 bits per heavy atom. The van der Waals surface area contributed by atoms with Crippen LogP contribution >= 0.6 is 0 Å². The number of benzene rings is 2. The average molecular weight is 425 g/mol. The van der Waals surface area contributed by atoms with Gasteiger partial charge >= 0.3 is 0 Å². The van der Waals surface area contributed by atoms with Crippen LogP contribution in [0.1, 0.15) is 25.3 Å². The third kappa shape index (κ3) is 6.17. The fraction of sp³-hybridized carbons (Fsp3) is 0.400. The van der Waals surface area contributed by atoms with Gasteiger partial charge in [-0.15, -0.1) is 0 Å². The number of carbonyl (C=O) groups excluding carboxylic acids is 1. The van der Waals surface area contributed by atoms with Gasteiger partial charge in [0.05, 0.1) is 20.8 Å². The maximum Gasteiger partial charge on any atom is 0.246 e. The molecule has 3 rings (SSSR count). The minimum atomic E-state index is 0.0209. The van der Waals surface area contributed by atoms with E-state index in [0.29, 0.717) is 25.4 Å². The highest BCUT2D eigenvalue weighted by Gasteiger charge is 2.20. The zero-order valence-electron chi connectivity index (χ0n) is 18.7. The topological polar surface area (TPSA) is 51.2 Å². The van der Waals surface area contributed by atoms with Gasteiger partial charge < -0.3 is 24.0 Å². The molecule has 0 radical (unpaired) electrons. The molecule has 1 saturated heterocycles. The van der Waals surface area contributed by atoms with Crippen molar-refractivity contribution in [1.82, 2.24) is 4.90 Å². The van der Waals surface area contributed by atoms with Gasteiger partial charge in [-0.25, -0.2) is 0 Å². The quantitative estimate of drug-likeness (QED) is 0.445. The number of unbranched alkanes of at least 4 members (excludes halogenated alkanes) is 1. The largest absolute Gasteiger partial charge is 0.497 e. The molecule has 1 amide bonds. The molecule has 31 heavy (non-hydrogen) atoms. The van der Waals surface area contributed by atoms with Gasteiger partial charge in [0.1, 0.15) is 5.75 Å². The minimum absolute atomic E-state index is 0.0209. The molecule has 1 fully saturated rings. The molecule has 1 aliphatic heterocycles. The number of ether oxygens (including phenoxy) is 3. The lowest BCUT2D eigenvalue weighted by Gasteiger charge is -2.35. The number of anilines is 1. The second kappa shape index (κ2) is 11.3. The van der Waals surface area contributed by atoms with Crippen molar-refractivity contribution in [3.8, 4) is 17.2 Å². The van der Waals surface area contributed by atoms with Crippen molar-refractivity contribution in [2.75, 3.05) is 51.9 Å². The van der Waals surface area contributed by atoms with Crippen LogP contribution in [0.5, 0.6) is 17.2 Å². The lowest BCUT2D eigenvalue weighted by molar-refractivity contribution is -0.126. The van der Waals surface area contributed by atoms with Crippen LogP contribution in [-0.2, 0) is 4.79 Å². The number of hydrogen-bond donors (Lipinski definition) is 0. The molecule has 6 heteroatoms. The summed E-state index contributed by atoms with van der Waals surface area (Å²) in [6, 6.07) is 13.8. The summed E-state index contributed by atoms with van der Waals surface area (Å²) in [6.07, 6.45) is 5.55. The van der Waals surface area contributed by atoms with Gasteiger partial charge in [-0.2, -0.15) is 0 Å². The first-order valence-corrected chi connectivity index (χ1v) is 10.8. The van der Waals surface area contributed by atoms with E-state index >= 15 is 0 Å². The molecule has 1 aliphatic rings. The summed E-state index contributed by atoms with van der Waals surface area (Å²) in [5, 5.41) is 0. The Morgan fingerprint density at radius 3 is 2.52 bits per heavy atom. The number of amides is 1. The van der Waals surface area contributed by atoms with E-state index in [2.05, 4.69) is 17.9 Å². The maximum absolute atomic E-state index is 12.7. The smallest absolute Gasteiger partial charge is 0.246 e. The van der Waals surface area contributed by atoms with Gasteiger partial charge in [0.2, 0.25) is 5.91 Å². The van der Waals surface area contributed by atoms with Crippen molar-refractivity contribution < 1.29 is 19.0 Å². The maximum atomic E-state index is 12.7. The van der Waals surface area contributed by atoms with Crippen molar-refractivity contribution in [1.29, 1.82) is 0 Å². The fourth-order valence-corrected chi connectivity index (χ4v) is 3.50. The first kappa shape index (κ1) is 22.5. The van der Waals surface area contributed by atoms with Crippen LogP contribution < -0.4 is 19.1 Å². The summed E-state index contributed by atoms with van der Waals surface area (Å²) in [5.41, 5.74) is 2.03. The Labute approximate surface area is 185 Å². The van der Waals surface area contributed by atoms with E-state index < -0.39 is 0 Å². The second-order valence-electron chi connectivity index (χ2n) is 7.46. The molecule has 2 aromatic carbocycles. The fourth-order valence-electron chi connectivity index (χ4n) is 3.50. The van der Waals surface area contributed by atoms with Gasteiger partial charge in [0.25, 0.3) is 0 Å². The molecular weight excluding hydrogens is 392 g/mol. The van der Waals surface area contributed by atoms with Crippen LogP contribution in [0.15, 0.2) is 48.5 Å². The lowest BCUT2D eigenvalue weighted by atomic mass is 10.1. The van der Waals surface area contributed by atoms with Crippen molar-refractivity contribution >= 4 is 17.7 Å². The van der Waals surface area contributed by atoms with Crippen molar-refractivity contribution in [2.24, 2.45) is 0 Å². The third-order valence-corrected chi connectivity index (χ3v) is 5.37. The van der Waals surface area contributed by atoms with Crippen LogP contribution in [0.3, 0.4) is 0 Å². The molecule has 1 heterocycles. The molecule has 166 valence electrons. The highest BCUT2D eigenvalue weighted by atomic mass is 16.5. The monoisotopic (exact) mass is 424 g/mol. The molecule has 0 saturated carbocycles. The summed E-state index contributed by atoms with van der Waals surface area (Å²) in [6.45, 7) is 5.77. The standard InChI is InChI=1S/C25H32N2O4/c1-4-5-17-31-23-11-9-20(18-24(23)30-3)10-12-25(28)27-15-13-26(14-16-27)21-7-6-8-22(19-21)29-2/h6-12,18-19H,4-5,13-17H2,1-3H3/b12-10+. The van der Waals surface area contributed by atoms with Crippen molar-refractivity contribution in [3.63, 3.8) is 0 Å². The normalized spacial score (nSPS) is 14.0. The Morgan fingerprint density at radius 1 is 1.00 bits per heavy atom. The zero-order valence-corrected chi connectivity index (χ0v) is 18.7. The molecule has 2 aromatic rings. The molecule has 0 spiro atoms. The van der Waals surface area contributed by atoms with Gasteiger partial charge in [-0.05, 0) is 42.3 Å². The number of hydrogen-bond acceptors (Lipinski definition) is 5. The van der Waals surface area contributed by atoms with Gasteiger partial charge in [-0.1, -0.05) is 25.5 Å². The van der Waals surface area contributed by atoms with E-state index in [1.54, 1.807) is 20.3 Å². The summed E-state index contributed by atoms with van der Waals surface area (Å²) in [5.74, 6) is 2.27. The minimum Gasteiger partial charge on any atom is -0.497 e. The van der Waals surface area contributed by atoms with Crippen LogP contribution in [0, 0.1) is 0 Å². The molecule has 6 nitrogen and oxygen atoms in total. The van der Waals surface area contributed by atoms with E-state index in [1.165, 1.54) is 0 Å². The SMILES string of the molecule is CCCCOc1ccc(/C=C/C(=O)N2CCN(c3cccc(OC)c3)CC2)cc1OC. The first-order valence-electron chi connectivity index (χ1n) is 10.8. The Hall–Kier alpha value is -3.15. The molecular formula is C25H32N2O4. The Kier molecular flexibility index (Phi) is 8.21. The summed E-state index contributed by atoms with van der Waals surface area (Å²) in [4.78, 5) is 16.8. The summed E-state index contributed by atoms with van der Waals surface area (Å²) < 4.78 is 16.5. The Bertz CT molecular complexity index is 889. The lowest BCUT2D eigenvalue weighted by Crippen LogP contribution is -2.48. The van der Waals surface area contributed by atoms with E-state index in [0.717, 1.165) is 48.7 Å². The molecule has 0 aliphatic carbocycles. The van der Waals surface area contributed by atoms with E-state index in [1.807, 2.05) is 47.4 Å². The third-order valence-electron chi connectivity index (χ3n) is 5.37. The number of nitrogens with zero attached hydrogens (tertiary/aromatic N) is 2. The molecule has 0 aromatic heterocycles. The van der Waals surface area contributed by atoms with Gasteiger partial charge in [-0.3, -0.25) is 4.79 Å². The molecule has 0 unspecified atom stereocenters. The summed E-state index contributed by atoms with van der Waals surface area (Å²) >= 11 is 0. The number of rotatable bonds is 9. The van der Waals surface area contributed by atoms with E-state index in [4.69, 9.17) is 14.2 Å². The molecule has 0 atom stereocenters. The average Bonchev–Trinajstić information content (AvgIpc) is 2.83. The van der Waals surface area contributed by atoms with Crippen molar-refractivity contribution in [3.05, 3.63) is 54.1 Å². The van der Waals surface area contributed by atoms with E-state index in [9.17, 15) is 4.79 Å². The van der Waals surface area contributed by atoms with Crippen LogP contribution in [-0.4, -0.2) is 57.8 Å². The molecule has 0 bridgehead atoms. The van der Waals surface area contributed by atoms with Gasteiger partial charge in [0, 0.05) is 44.0 Å². The zero-order chi connectivity index (χ0) is 22.1. The van der Waals surface area contributed by atoms with Crippen LogP contribution in [0.25, 0.3) is 6.08 Å². The van der Waals surface area contributed by atoms with Crippen LogP contribution in [0.4, 0.5) is 5.69 Å². The first-order chi connectivity index (χ1) is 15.1. The van der Waals surface area contributed by atoms with Crippen LogP contribution in [0.2, 0.25) is 0 Å².